The molecule has 2 aromatic rings. The van der Waals surface area contributed by atoms with Crippen LogP contribution in [0.25, 0.3) is 0 Å². The third kappa shape index (κ3) is 3.26. The molecule has 2 atom stereocenters. The van der Waals surface area contributed by atoms with Crippen LogP contribution in [0.15, 0.2) is 35.2 Å². The first-order valence-electron chi connectivity index (χ1n) is 8.97. The van der Waals surface area contributed by atoms with E-state index < -0.39 is 35.3 Å². The number of ether oxygens (including phenoxy) is 1. The summed E-state index contributed by atoms with van der Waals surface area (Å²) in [6.07, 6.45) is 0.214. The highest BCUT2D eigenvalue weighted by atomic mass is 32.2. The van der Waals surface area contributed by atoms with E-state index in [4.69, 9.17) is 4.74 Å². The van der Waals surface area contributed by atoms with E-state index in [-0.39, 0.29) is 22.8 Å². The van der Waals surface area contributed by atoms with Gasteiger partial charge in [-0.3, -0.25) is 0 Å². The number of methoxy groups -OCH3 is 1. The predicted molar refractivity (Wildman–Crippen MR) is 104 cm³/mol. The quantitative estimate of drug-likeness (QED) is 0.696. The molecule has 0 saturated carbocycles. The molecule has 28 heavy (non-hydrogen) atoms. The van der Waals surface area contributed by atoms with Crippen molar-refractivity contribution in [2.24, 2.45) is 0 Å². The van der Waals surface area contributed by atoms with E-state index in [1.54, 1.807) is 25.1 Å². The summed E-state index contributed by atoms with van der Waals surface area (Å²) in [5.41, 5.74) is 2.61. The summed E-state index contributed by atoms with van der Waals surface area (Å²) < 4.78 is 33.1. The Bertz CT molecular complexity index is 971. The molecule has 0 aromatic heterocycles. The second-order valence-electron chi connectivity index (χ2n) is 7.04. The van der Waals surface area contributed by atoms with Gasteiger partial charge in [0, 0.05) is 5.56 Å². The van der Waals surface area contributed by atoms with Crippen molar-refractivity contribution in [2.45, 2.75) is 37.2 Å². The van der Waals surface area contributed by atoms with Gasteiger partial charge in [-0.2, -0.15) is 4.31 Å². The number of aliphatic hydroxyl groups excluding tert-OH is 2. The van der Waals surface area contributed by atoms with Gasteiger partial charge in [-0.15, -0.1) is 0 Å². The largest absolute Gasteiger partial charge is 0.504 e. The van der Waals surface area contributed by atoms with Gasteiger partial charge in [-0.25, -0.2) is 8.42 Å². The first-order chi connectivity index (χ1) is 13.3. The SMILES string of the molecule is COc1c(C)cc2c(c1O)[C@H](CO)N(S(=O)(=O)c1ccc(C)cc1)[C@@H](CO)C2. The number of nitrogens with zero attached hydrogens (tertiary/aromatic N) is 1. The summed E-state index contributed by atoms with van der Waals surface area (Å²) in [4.78, 5) is 0.0667. The van der Waals surface area contributed by atoms with Crippen molar-refractivity contribution in [2.75, 3.05) is 20.3 Å². The normalized spacial score (nSPS) is 20.0. The Balaban J connectivity index is 2.21. The summed E-state index contributed by atoms with van der Waals surface area (Å²) in [5, 5.41) is 30.8. The van der Waals surface area contributed by atoms with Gasteiger partial charge in [0.05, 0.1) is 37.3 Å². The van der Waals surface area contributed by atoms with Gasteiger partial charge in [0.2, 0.25) is 10.0 Å². The third-order valence-corrected chi connectivity index (χ3v) is 7.18. The topological polar surface area (TPSA) is 107 Å². The molecule has 1 aliphatic rings. The number of hydrogen-bond donors (Lipinski definition) is 3. The molecule has 2 aromatic carbocycles. The Hall–Kier alpha value is -2.13. The minimum absolute atomic E-state index is 0.0667. The fourth-order valence-corrected chi connectivity index (χ4v) is 5.67. The summed E-state index contributed by atoms with van der Waals surface area (Å²) >= 11 is 0. The lowest BCUT2D eigenvalue weighted by Gasteiger charge is -2.41. The summed E-state index contributed by atoms with van der Waals surface area (Å²) in [6.45, 7) is 2.67. The number of sulfonamides is 1. The predicted octanol–water partition coefficient (Wildman–Crippen LogP) is 1.66. The van der Waals surface area contributed by atoms with Crippen molar-refractivity contribution in [3.63, 3.8) is 0 Å². The van der Waals surface area contributed by atoms with Crippen LogP contribution in [0.1, 0.15) is 28.3 Å². The number of aliphatic hydroxyl groups is 2. The molecule has 3 N–H and O–H groups in total. The zero-order valence-corrected chi connectivity index (χ0v) is 16.9. The number of rotatable bonds is 5. The van der Waals surface area contributed by atoms with E-state index >= 15 is 0 Å². The maximum absolute atomic E-state index is 13.4. The van der Waals surface area contributed by atoms with Crippen LogP contribution < -0.4 is 4.74 Å². The molecule has 1 heterocycles. The molecule has 0 spiro atoms. The molecule has 0 amide bonds. The van der Waals surface area contributed by atoms with Gasteiger partial charge in [-0.1, -0.05) is 23.8 Å². The van der Waals surface area contributed by atoms with Crippen molar-refractivity contribution in [3.05, 3.63) is 52.6 Å². The molecule has 0 fully saturated rings. The van der Waals surface area contributed by atoms with E-state index in [1.165, 1.54) is 19.2 Å². The van der Waals surface area contributed by atoms with Crippen LogP contribution in [-0.2, 0) is 16.4 Å². The number of hydrogen-bond acceptors (Lipinski definition) is 6. The van der Waals surface area contributed by atoms with Crippen LogP contribution in [-0.4, -0.2) is 54.4 Å². The van der Waals surface area contributed by atoms with Gasteiger partial charge in [0.15, 0.2) is 11.5 Å². The van der Waals surface area contributed by atoms with Crippen LogP contribution in [0.5, 0.6) is 11.5 Å². The number of phenolic OH excluding ortho intramolecular Hbond substituents is 1. The van der Waals surface area contributed by atoms with Crippen molar-refractivity contribution in [1.29, 1.82) is 0 Å². The molecular formula is C20H25NO6S. The second kappa shape index (κ2) is 7.71. The average molecular weight is 407 g/mol. The number of benzene rings is 2. The first kappa shape index (κ1) is 20.6. The molecule has 0 bridgehead atoms. The molecule has 3 rings (SSSR count). The molecule has 0 aliphatic carbocycles. The lowest BCUT2D eigenvalue weighted by Crippen LogP contribution is -2.50. The fraction of sp³-hybridized carbons (Fsp3) is 0.400. The lowest BCUT2D eigenvalue weighted by molar-refractivity contribution is 0.105. The Kier molecular flexibility index (Phi) is 5.67. The molecule has 0 saturated heterocycles. The smallest absolute Gasteiger partial charge is 0.244 e. The molecule has 8 heteroatoms. The van der Waals surface area contributed by atoms with Crippen molar-refractivity contribution in [1.82, 2.24) is 4.31 Å². The Morgan fingerprint density at radius 3 is 2.32 bits per heavy atom. The highest BCUT2D eigenvalue weighted by molar-refractivity contribution is 7.89. The monoisotopic (exact) mass is 407 g/mol. The standard InChI is InChI=1S/C20H25NO6S/c1-12-4-6-16(7-5-12)28(25,26)21-15(10-22)9-14-8-13(2)20(27-3)19(24)18(14)17(21)11-23/h4-8,15,17,22-24H,9-11H2,1-3H3/t15-,17+/m1/s1. The molecule has 0 unspecified atom stereocenters. The first-order valence-corrected chi connectivity index (χ1v) is 10.4. The average Bonchev–Trinajstić information content (AvgIpc) is 2.66. The summed E-state index contributed by atoms with van der Waals surface area (Å²) in [6, 6.07) is 6.38. The summed E-state index contributed by atoms with van der Waals surface area (Å²) in [7, 11) is -2.61. The maximum Gasteiger partial charge on any atom is 0.244 e. The molecule has 152 valence electrons. The minimum atomic E-state index is -4.03. The Morgan fingerprint density at radius 1 is 1.14 bits per heavy atom. The highest BCUT2D eigenvalue weighted by Crippen LogP contribution is 2.46. The van der Waals surface area contributed by atoms with Crippen LogP contribution in [0.3, 0.4) is 0 Å². The number of phenols is 1. The minimum Gasteiger partial charge on any atom is -0.504 e. The molecule has 7 nitrogen and oxygen atoms in total. The van der Waals surface area contributed by atoms with Crippen LogP contribution >= 0.6 is 0 Å². The second-order valence-corrected chi connectivity index (χ2v) is 8.88. The van der Waals surface area contributed by atoms with Gasteiger partial charge in [-0.05, 0) is 43.5 Å². The number of fused-ring (bicyclic) bond motifs is 1. The van der Waals surface area contributed by atoms with Gasteiger partial charge in [0.25, 0.3) is 0 Å². The Labute approximate surface area is 164 Å². The third-order valence-electron chi connectivity index (χ3n) is 5.21. The maximum atomic E-state index is 13.4. The van der Waals surface area contributed by atoms with Crippen molar-refractivity contribution >= 4 is 10.0 Å². The van der Waals surface area contributed by atoms with Crippen LogP contribution in [0, 0.1) is 13.8 Å². The zero-order chi connectivity index (χ0) is 20.6. The van der Waals surface area contributed by atoms with Gasteiger partial charge in [0.1, 0.15) is 0 Å². The van der Waals surface area contributed by atoms with Crippen molar-refractivity contribution in [3.8, 4) is 11.5 Å². The molecule has 0 radical (unpaired) electrons. The fourth-order valence-electron chi connectivity index (χ4n) is 3.90. The lowest BCUT2D eigenvalue weighted by atomic mass is 9.88. The molecular weight excluding hydrogens is 382 g/mol. The molecule has 1 aliphatic heterocycles. The van der Waals surface area contributed by atoms with E-state index in [0.29, 0.717) is 16.7 Å². The number of aryl methyl sites for hydroxylation is 2. The van der Waals surface area contributed by atoms with E-state index in [2.05, 4.69) is 0 Å². The van der Waals surface area contributed by atoms with Crippen molar-refractivity contribution < 1.29 is 28.5 Å². The van der Waals surface area contributed by atoms with E-state index in [0.717, 1.165) is 9.87 Å². The van der Waals surface area contributed by atoms with Gasteiger partial charge >= 0.3 is 0 Å². The van der Waals surface area contributed by atoms with Gasteiger partial charge < -0.3 is 20.1 Å². The van der Waals surface area contributed by atoms with E-state index in [9.17, 15) is 23.7 Å². The van der Waals surface area contributed by atoms with Crippen LogP contribution in [0.4, 0.5) is 0 Å². The van der Waals surface area contributed by atoms with E-state index in [1.807, 2.05) is 6.92 Å². The highest BCUT2D eigenvalue weighted by Gasteiger charge is 2.44. The number of aromatic hydroxyl groups is 1. The van der Waals surface area contributed by atoms with Crippen LogP contribution in [0.2, 0.25) is 0 Å². The summed E-state index contributed by atoms with van der Waals surface area (Å²) in [5.74, 6) is 0.0596. The zero-order valence-electron chi connectivity index (χ0n) is 16.1. The Morgan fingerprint density at radius 2 is 1.79 bits per heavy atom.